The smallest absolute Gasteiger partial charge is 0.335 e. The summed E-state index contributed by atoms with van der Waals surface area (Å²) < 4.78 is 0. The summed E-state index contributed by atoms with van der Waals surface area (Å²) in [6.07, 6.45) is 0.424. The van der Waals surface area contributed by atoms with E-state index in [0.717, 1.165) is 0 Å². The third-order valence-corrected chi connectivity index (χ3v) is 2.11. The fourth-order valence-electron chi connectivity index (χ4n) is 1.38. The number of carboxylic acid groups (broad SMARTS) is 1. The van der Waals surface area contributed by atoms with Crippen molar-refractivity contribution in [1.82, 2.24) is 0 Å². The van der Waals surface area contributed by atoms with E-state index in [1.54, 1.807) is 12.1 Å². The van der Waals surface area contributed by atoms with Crippen molar-refractivity contribution >= 4 is 17.6 Å². The number of anilines is 1. The molecule has 17 heavy (non-hydrogen) atoms. The predicted octanol–water partition coefficient (Wildman–Crippen LogP) is 2.76. The zero-order valence-corrected chi connectivity index (χ0v) is 10.3. The van der Waals surface area contributed by atoms with Gasteiger partial charge in [-0.2, -0.15) is 0 Å². The van der Waals surface area contributed by atoms with Crippen LogP contribution in [-0.2, 0) is 4.79 Å². The normalized spacial score (nSPS) is 11.0. The van der Waals surface area contributed by atoms with Gasteiger partial charge < -0.3 is 10.4 Å². The highest BCUT2D eigenvalue weighted by Gasteiger charge is 2.15. The molecule has 0 saturated carbocycles. The van der Waals surface area contributed by atoms with Gasteiger partial charge >= 0.3 is 5.97 Å². The van der Waals surface area contributed by atoms with Crippen LogP contribution >= 0.6 is 0 Å². The lowest BCUT2D eigenvalue weighted by Crippen LogP contribution is -2.19. The molecule has 0 aliphatic carbocycles. The molecule has 0 bridgehead atoms. The first-order valence-corrected chi connectivity index (χ1v) is 5.41. The summed E-state index contributed by atoms with van der Waals surface area (Å²) in [7, 11) is 0. The van der Waals surface area contributed by atoms with E-state index in [4.69, 9.17) is 5.11 Å². The Morgan fingerprint density at radius 3 is 2.12 bits per heavy atom. The molecule has 4 nitrogen and oxygen atoms in total. The zero-order valence-electron chi connectivity index (χ0n) is 10.3. The van der Waals surface area contributed by atoms with E-state index in [1.807, 2.05) is 20.8 Å². The number of nitrogens with one attached hydrogen (secondary N) is 1. The molecule has 0 fully saturated rings. The zero-order chi connectivity index (χ0) is 13.1. The number of amides is 1. The van der Waals surface area contributed by atoms with E-state index in [0.29, 0.717) is 12.1 Å². The Morgan fingerprint density at radius 1 is 1.18 bits per heavy atom. The maximum Gasteiger partial charge on any atom is 0.335 e. The van der Waals surface area contributed by atoms with Gasteiger partial charge in [-0.15, -0.1) is 0 Å². The number of benzene rings is 1. The van der Waals surface area contributed by atoms with Gasteiger partial charge in [0, 0.05) is 12.1 Å². The van der Waals surface area contributed by atoms with Crippen LogP contribution < -0.4 is 5.32 Å². The van der Waals surface area contributed by atoms with Gasteiger partial charge in [0.05, 0.1) is 5.56 Å². The fraction of sp³-hybridized carbons (Fsp3) is 0.385. The Balaban J connectivity index is 2.64. The van der Waals surface area contributed by atoms with Gasteiger partial charge in [-0.1, -0.05) is 20.8 Å². The summed E-state index contributed by atoms with van der Waals surface area (Å²) in [5.74, 6) is -1.04. The molecule has 0 saturated heterocycles. The minimum Gasteiger partial charge on any atom is -0.478 e. The quantitative estimate of drug-likeness (QED) is 0.846. The molecule has 4 heteroatoms. The molecule has 0 radical (unpaired) electrons. The molecule has 0 atom stereocenters. The van der Waals surface area contributed by atoms with Crippen LogP contribution in [0.5, 0.6) is 0 Å². The maximum absolute atomic E-state index is 11.6. The number of rotatable bonds is 3. The summed E-state index contributed by atoms with van der Waals surface area (Å²) >= 11 is 0. The summed E-state index contributed by atoms with van der Waals surface area (Å²) in [5.41, 5.74) is 0.758. The second kappa shape index (κ2) is 4.99. The van der Waals surface area contributed by atoms with Gasteiger partial charge in [0.1, 0.15) is 0 Å². The monoisotopic (exact) mass is 235 g/mol. The van der Waals surface area contributed by atoms with Crippen LogP contribution in [0, 0.1) is 5.41 Å². The predicted molar refractivity (Wildman–Crippen MR) is 66.1 cm³/mol. The Labute approximate surface area is 101 Å². The van der Waals surface area contributed by atoms with Crippen molar-refractivity contribution in [2.45, 2.75) is 27.2 Å². The highest BCUT2D eigenvalue weighted by atomic mass is 16.4. The molecule has 0 unspecified atom stereocenters. The van der Waals surface area contributed by atoms with Crippen LogP contribution in [0.4, 0.5) is 5.69 Å². The summed E-state index contributed by atoms with van der Waals surface area (Å²) in [5, 5.41) is 11.5. The third-order valence-electron chi connectivity index (χ3n) is 2.11. The average molecular weight is 235 g/mol. The Bertz CT molecular complexity index is 415. The molecule has 0 aliphatic rings. The number of carbonyl (C=O) groups is 2. The standard InChI is InChI=1S/C13H17NO3/c1-13(2,3)8-11(15)14-10-6-4-9(5-7-10)12(16)17/h4-7H,8H2,1-3H3,(H,14,15)(H,16,17). The van der Waals surface area contributed by atoms with Gasteiger partial charge in [0.25, 0.3) is 0 Å². The lowest BCUT2D eigenvalue weighted by Gasteiger charge is -2.17. The molecule has 1 aromatic carbocycles. The highest BCUT2D eigenvalue weighted by molar-refractivity contribution is 5.92. The molecule has 1 aromatic rings. The minimum absolute atomic E-state index is 0.0644. The molecular weight excluding hydrogens is 218 g/mol. The number of hydrogen-bond acceptors (Lipinski definition) is 2. The van der Waals surface area contributed by atoms with Crippen molar-refractivity contribution in [2.75, 3.05) is 5.32 Å². The molecule has 1 rings (SSSR count). The number of hydrogen-bond donors (Lipinski definition) is 2. The van der Waals surface area contributed by atoms with E-state index in [-0.39, 0.29) is 16.9 Å². The molecular formula is C13H17NO3. The average Bonchev–Trinajstić information content (AvgIpc) is 2.15. The van der Waals surface area contributed by atoms with Gasteiger partial charge in [-0.3, -0.25) is 4.79 Å². The van der Waals surface area contributed by atoms with Crippen molar-refractivity contribution in [3.05, 3.63) is 29.8 Å². The van der Waals surface area contributed by atoms with Crippen LogP contribution in [0.25, 0.3) is 0 Å². The van der Waals surface area contributed by atoms with Crippen LogP contribution in [0.3, 0.4) is 0 Å². The summed E-state index contributed by atoms with van der Waals surface area (Å²) in [4.78, 5) is 22.3. The van der Waals surface area contributed by atoms with Crippen molar-refractivity contribution in [1.29, 1.82) is 0 Å². The van der Waals surface area contributed by atoms with Crippen molar-refractivity contribution in [3.63, 3.8) is 0 Å². The van der Waals surface area contributed by atoms with E-state index in [1.165, 1.54) is 12.1 Å². The second-order valence-electron chi connectivity index (χ2n) is 5.17. The second-order valence-corrected chi connectivity index (χ2v) is 5.17. The molecule has 0 aromatic heterocycles. The fourth-order valence-corrected chi connectivity index (χ4v) is 1.38. The maximum atomic E-state index is 11.6. The highest BCUT2D eigenvalue weighted by Crippen LogP contribution is 2.19. The first-order valence-electron chi connectivity index (χ1n) is 5.41. The summed E-state index contributed by atoms with van der Waals surface area (Å²) in [6.45, 7) is 5.96. The first kappa shape index (κ1) is 13.2. The Kier molecular flexibility index (Phi) is 3.89. The van der Waals surface area contributed by atoms with E-state index in [9.17, 15) is 9.59 Å². The molecule has 92 valence electrons. The molecule has 0 spiro atoms. The third kappa shape index (κ3) is 4.68. The van der Waals surface area contributed by atoms with E-state index in [2.05, 4.69) is 5.32 Å². The van der Waals surface area contributed by atoms with Gasteiger partial charge in [-0.25, -0.2) is 4.79 Å². The summed E-state index contributed by atoms with van der Waals surface area (Å²) in [6, 6.07) is 6.11. The van der Waals surface area contributed by atoms with Crippen LogP contribution in [0.2, 0.25) is 0 Å². The minimum atomic E-state index is -0.974. The van der Waals surface area contributed by atoms with Crippen LogP contribution in [0.1, 0.15) is 37.6 Å². The Morgan fingerprint density at radius 2 is 1.71 bits per heavy atom. The lowest BCUT2D eigenvalue weighted by molar-refractivity contribution is -0.117. The van der Waals surface area contributed by atoms with Crippen LogP contribution in [-0.4, -0.2) is 17.0 Å². The number of carboxylic acids is 1. The topological polar surface area (TPSA) is 66.4 Å². The van der Waals surface area contributed by atoms with Gasteiger partial charge in [0.2, 0.25) is 5.91 Å². The van der Waals surface area contributed by atoms with Crippen molar-refractivity contribution in [2.24, 2.45) is 5.41 Å². The van der Waals surface area contributed by atoms with Crippen LogP contribution in [0.15, 0.2) is 24.3 Å². The SMILES string of the molecule is CC(C)(C)CC(=O)Nc1ccc(C(=O)O)cc1. The molecule has 0 heterocycles. The lowest BCUT2D eigenvalue weighted by atomic mass is 9.92. The molecule has 2 N–H and O–H groups in total. The Hall–Kier alpha value is -1.84. The largest absolute Gasteiger partial charge is 0.478 e. The number of aromatic carboxylic acids is 1. The van der Waals surface area contributed by atoms with Gasteiger partial charge in [0.15, 0.2) is 0 Å². The van der Waals surface area contributed by atoms with E-state index < -0.39 is 5.97 Å². The van der Waals surface area contributed by atoms with Gasteiger partial charge in [-0.05, 0) is 29.7 Å². The first-order chi connectivity index (χ1) is 7.78. The molecule has 0 aliphatic heterocycles. The molecule has 1 amide bonds. The van der Waals surface area contributed by atoms with E-state index >= 15 is 0 Å². The van der Waals surface area contributed by atoms with Crippen molar-refractivity contribution < 1.29 is 14.7 Å². The number of carbonyl (C=O) groups excluding carboxylic acids is 1. The van der Waals surface area contributed by atoms with Crippen molar-refractivity contribution in [3.8, 4) is 0 Å².